The lowest BCUT2D eigenvalue weighted by atomic mass is 10.1. The normalized spacial score (nSPS) is 14.7. The quantitative estimate of drug-likeness (QED) is 0.0313. The first-order chi connectivity index (χ1) is 50.0. The molecule has 5 rings (SSSR count). The molecular weight excluding hydrogens is 1360 g/mol. The number of ether oxygens (including phenoxy) is 19. The van der Waals surface area contributed by atoms with Crippen molar-refractivity contribution in [2.24, 2.45) is 11.5 Å². The van der Waals surface area contributed by atoms with Gasteiger partial charge in [-0.2, -0.15) is 8.42 Å². The second kappa shape index (κ2) is 80.0. The summed E-state index contributed by atoms with van der Waals surface area (Å²) in [5.74, 6) is -0.525. The van der Waals surface area contributed by atoms with Gasteiger partial charge in [0.05, 0.1) is 247 Å². The van der Waals surface area contributed by atoms with Crippen molar-refractivity contribution in [3.05, 3.63) is 65.2 Å². The van der Waals surface area contributed by atoms with Crippen LogP contribution >= 0.6 is 0 Å². The molecule has 2 saturated heterocycles. The number of benzene rings is 2. The van der Waals surface area contributed by atoms with Gasteiger partial charge in [0.2, 0.25) is 0 Å². The Morgan fingerprint density at radius 1 is 0.412 bits per heavy atom. The minimum atomic E-state index is -3.72. The Balaban J connectivity index is 0. The first kappa shape index (κ1) is 101. The van der Waals surface area contributed by atoms with Gasteiger partial charge in [0.25, 0.3) is 21.9 Å². The summed E-state index contributed by atoms with van der Waals surface area (Å²) >= 11 is 0. The lowest BCUT2D eigenvalue weighted by Crippen LogP contribution is -2.33. The van der Waals surface area contributed by atoms with E-state index in [1.165, 1.54) is 30.5 Å². The van der Waals surface area contributed by atoms with E-state index in [4.69, 9.17) is 120 Å². The zero-order valence-corrected chi connectivity index (χ0v) is 62.8. The Labute approximate surface area is 608 Å². The fourth-order valence-electron chi connectivity index (χ4n) is 8.01. The van der Waals surface area contributed by atoms with Crippen molar-refractivity contribution in [1.29, 1.82) is 0 Å². The molecule has 2 amide bonds. The van der Waals surface area contributed by atoms with E-state index in [0.29, 0.717) is 203 Å². The Kier molecular flexibility index (Phi) is 78.9. The maximum atomic E-state index is 12.2. The van der Waals surface area contributed by atoms with Crippen LogP contribution in [0.4, 0.5) is 0 Å². The second-order valence-electron chi connectivity index (χ2n) is 21.2. The highest BCUT2D eigenvalue weighted by atomic mass is 32.2. The number of carbonyl (C=O) groups is 2. The summed E-state index contributed by atoms with van der Waals surface area (Å²) in [7, 11) is -2.22. The molecule has 8 N–H and O–H groups in total. The molecule has 3 aliphatic heterocycles. The van der Waals surface area contributed by atoms with Gasteiger partial charge in [-0.05, 0) is 96.5 Å². The fraction of sp³-hybridized carbons (Fsp3) is 0.800. The number of aryl methyl sites for hydroxylation is 1. The Hall–Kier alpha value is -3.51. The molecule has 2 aromatic carbocycles. The van der Waals surface area contributed by atoms with Crippen LogP contribution in [0.25, 0.3) is 0 Å². The van der Waals surface area contributed by atoms with Crippen molar-refractivity contribution in [2.75, 3.05) is 278 Å². The van der Waals surface area contributed by atoms with E-state index in [1.54, 1.807) is 43.3 Å². The van der Waals surface area contributed by atoms with Crippen molar-refractivity contribution in [1.82, 2.24) is 4.90 Å². The van der Waals surface area contributed by atoms with E-state index in [1.807, 2.05) is 6.92 Å². The van der Waals surface area contributed by atoms with Crippen molar-refractivity contribution in [2.45, 2.75) is 96.5 Å². The van der Waals surface area contributed by atoms with Gasteiger partial charge in [-0.25, -0.2) is 0 Å². The molecule has 32 heteroatoms. The lowest BCUT2D eigenvalue weighted by molar-refractivity contribution is -0.169. The van der Waals surface area contributed by atoms with Crippen molar-refractivity contribution in [3.63, 3.8) is 0 Å². The summed E-state index contributed by atoms with van der Waals surface area (Å²) in [5, 5.41) is 32.8. The highest BCUT2D eigenvalue weighted by Gasteiger charge is 2.34. The monoisotopic (exact) mass is 1490 g/mol. The van der Waals surface area contributed by atoms with E-state index in [-0.39, 0.29) is 82.1 Å². The SMILES string of the molecule is CCCOCCOCCOCCN.CCCOCCOCCOCCOS(=O)(=O)c1ccc(C)cc1.CCO.CN.O=C1c2ccccc2C(=O)N1CCOCCOCCOCCOC1CCCCO1.OCCOCCOCCOCCO.OCCOCCOCCOCCOC1CCCCO1. The number of amides is 2. The fourth-order valence-corrected chi connectivity index (χ4v) is 8.90. The molecule has 0 aliphatic carbocycles. The zero-order valence-electron chi connectivity index (χ0n) is 62.0. The highest BCUT2D eigenvalue weighted by molar-refractivity contribution is 7.86. The van der Waals surface area contributed by atoms with E-state index < -0.39 is 10.1 Å². The van der Waals surface area contributed by atoms with Crippen LogP contribution in [0.2, 0.25) is 0 Å². The average Bonchev–Trinajstić information content (AvgIpc) is 1.64. The molecular formula is C70H131N3O28S. The summed E-state index contributed by atoms with van der Waals surface area (Å²) < 4.78 is 129. The first-order valence-corrected chi connectivity index (χ1v) is 37.2. The largest absolute Gasteiger partial charge is 0.397 e. The molecule has 3 heterocycles. The van der Waals surface area contributed by atoms with Crippen LogP contribution in [0.5, 0.6) is 0 Å². The molecule has 0 bridgehead atoms. The molecule has 2 aromatic rings. The highest BCUT2D eigenvalue weighted by Crippen LogP contribution is 2.22. The number of hydrogen-bond acceptors (Lipinski definition) is 30. The van der Waals surface area contributed by atoms with Gasteiger partial charge in [0.15, 0.2) is 12.6 Å². The number of imide groups is 1. The topological polar surface area (TPSA) is 389 Å². The van der Waals surface area contributed by atoms with Crippen molar-refractivity contribution in [3.8, 4) is 0 Å². The standard InChI is InChI=1S/C21H29NO7.C16H26O6S.C13H26O6.C9H21NO3.C8H18O5.C2H6O.CH5N/c23-20-17-5-1-2-6-18(17)21(24)22(20)8-10-25-11-12-26-13-14-27-15-16-29-19-7-3-4-9-28-19;1-3-8-19-9-10-20-11-12-21-13-14-22-23(17,18)16-6-4-15(2)5-7-16;14-4-6-15-7-8-16-9-10-17-11-12-19-13-3-1-2-5-18-13;1-2-4-11-6-8-13-9-7-12-5-3-10;9-1-3-11-5-7-13-8-6-12-4-2-10;1-2-3;1-2/h1-2,5-6,19H,3-4,7-16H2;4-7H,3,8-14H2,1-2H3;13-14H,1-12H2;2-10H2,1H3;9-10H,1-8H2;3H,2H2,1H3;2H2,1H3. The van der Waals surface area contributed by atoms with E-state index in [9.17, 15) is 18.0 Å². The third-order valence-corrected chi connectivity index (χ3v) is 14.2. The Morgan fingerprint density at radius 3 is 1.01 bits per heavy atom. The van der Waals surface area contributed by atoms with Crippen LogP contribution in [0.1, 0.15) is 98.4 Å². The maximum Gasteiger partial charge on any atom is 0.297 e. The summed E-state index contributed by atoms with van der Waals surface area (Å²) in [5.41, 5.74) is 11.6. The van der Waals surface area contributed by atoms with Gasteiger partial charge in [-0.3, -0.25) is 18.7 Å². The molecule has 2 unspecified atom stereocenters. The minimum Gasteiger partial charge on any atom is -0.397 e. The molecule has 2 atom stereocenters. The third-order valence-electron chi connectivity index (χ3n) is 12.8. The van der Waals surface area contributed by atoms with Gasteiger partial charge < -0.3 is 122 Å². The molecule has 0 aromatic heterocycles. The van der Waals surface area contributed by atoms with E-state index in [0.717, 1.165) is 76.9 Å². The number of nitrogens with zero attached hydrogens (tertiary/aromatic N) is 1. The van der Waals surface area contributed by atoms with Gasteiger partial charge in [-0.15, -0.1) is 0 Å². The summed E-state index contributed by atoms with van der Waals surface area (Å²) in [6, 6.07) is 13.4. The molecule has 0 spiro atoms. The van der Waals surface area contributed by atoms with Crippen molar-refractivity contribution >= 4 is 21.9 Å². The number of rotatable bonds is 58. The average molecular weight is 1490 g/mol. The minimum absolute atomic E-state index is 0.0180. The van der Waals surface area contributed by atoms with Crippen LogP contribution in [0.3, 0.4) is 0 Å². The third kappa shape index (κ3) is 63.7. The molecule has 0 radical (unpaired) electrons. The number of aliphatic hydroxyl groups is 4. The molecule has 3 aliphatic rings. The van der Waals surface area contributed by atoms with Crippen molar-refractivity contribution < 1.29 is 133 Å². The number of carbonyl (C=O) groups excluding carboxylic acids is 2. The maximum absolute atomic E-state index is 12.2. The Bertz CT molecular complexity index is 2080. The van der Waals surface area contributed by atoms with Crippen LogP contribution in [0, 0.1) is 6.92 Å². The van der Waals surface area contributed by atoms with Gasteiger partial charge >= 0.3 is 0 Å². The van der Waals surface area contributed by atoms with Gasteiger partial charge in [0, 0.05) is 39.6 Å². The van der Waals surface area contributed by atoms with Crippen LogP contribution in [-0.4, -0.2) is 336 Å². The van der Waals surface area contributed by atoms with Gasteiger partial charge in [-0.1, -0.05) is 43.7 Å². The van der Waals surface area contributed by atoms with E-state index >= 15 is 0 Å². The number of hydrogen-bond donors (Lipinski definition) is 6. The molecule has 0 saturated carbocycles. The summed E-state index contributed by atoms with van der Waals surface area (Å²) in [6.07, 6.45) is 8.44. The molecule has 102 heavy (non-hydrogen) atoms. The predicted octanol–water partition coefficient (Wildman–Crippen LogP) is 3.61. The number of nitrogens with two attached hydrogens (primary N) is 2. The molecule has 31 nitrogen and oxygen atoms in total. The van der Waals surface area contributed by atoms with E-state index in [2.05, 4.69) is 19.6 Å². The zero-order chi connectivity index (χ0) is 75.1. The van der Waals surface area contributed by atoms with Gasteiger partial charge in [0.1, 0.15) is 0 Å². The Morgan fingerprint density at radius 2 is 0.706 bits per heavy atom. The van der Waals surface area contributed by atoms with Crippen LogP contribution in [-0.2, 0) is 104 Å². The lowest BCUT2D eigenvalue weighted by Gasteiger charge is -2.22. The number of fused-ring (bicyclic) bond motifs is 1. The smallest absolute Gasteiger partial charge is 0.297 e. The summed E-state index contributed by atoms with van der Waals surface area (Å²) in [6.45, 7) is 26.7. The second-order valence-corrected chi connectivity index (χ2v) is 22.8. The predicted molar refractivity (Wildman–Crippen MR) is 381 cm³/mol. The van der Waals surface area contributed by atoms with Crippen LogP contribution < -0.4 is 11.5 Å². The molecule has 600 valence electrons. The van der Waals surface area contributed by atoms with Crippen LogP contribution in [0.15, 0.2) is 53.4 Å². The number of aliphatic hydroxyl groups excluding tert-OH is 4. The summed E-state index contributed by atoms with van der Waals surface area (Å²) in [4.78, 5) is 25.8. The molecule has 2 fully saturated rings. The first-order valence-electron chi connectivity index (χ1n) is 35.8.